The summed E-state index contributed by atoms with van der Waals surface area (Å²) in [5.74, 6) is 0. The van der Waals surface area contributed by atoms with Gasteiger partial charge >= 0.3 is 0 Å². The van der Waals surface area contributed by atoms with Gasteiger partial charge < -0.3 is 15.5 Å². The van der Waals surface area contributed by atoms with Crippen LogP contribution in [0, 0.1) is 0 Å². The molecule has 2 N–H and O–H groups in total. The first-order valence-corrected chi connectivity index (χ1v) is 8.45. The fraction of sp³-hybridized carbons (Fsp3) is 1.00. The molecule has 120 valence electrons. The van der Waals surface area contributed by atoms with E-state index in [9.17, 15) is 0 Å². The molecular weight excluding hydrogens is 246 g/mol. The summed E-state index contributed by atoms with van der Waals surface area (Å²) in [4.78, 5) is 2.51. The molecular formula is C17H37N3. The lowest BCUT2D eigenvalue weighted by molar-refractivity contribution is 0.138. The van der Waals surface area contributed by atoms with E-state index in [0.29, 0.717) is 12.1 Å². The van der Waals surface area contributed by atoms with Gasteiger partial charge in [0.1, 0.15) is 0 Å². The van der Waals surface area contributed by atoms with E-state index in [0.717, 1.165) is 13.1 Å². The van der Waals surface area contributed by atoms with Crippen LogP contribution in [0.1, 0.15) is 67.7 Å². The van der Waals surface area contributed by atoms with E-state index in [-0.39, 0.29) is 11.1 Å². The largest absolute Gasteiger partial charge is 0.311 e. The fourth-order valence-electron chi connectivity index (χ4n) is 3.84. The van der Waals surface area contributed by atoms with Crippen LogP contribution in [0.3, 0.4) is 0 Å². The van der Waals surface area contributed by atoms with Gasteiger partial charge in [-0.05, 0) is 73.5 Å². The van der Waals surface area contributed by atoms with E-state index in [1.165, 1.54) is 25.8 Å². The van der Waals surface area contributed by atoms with Crippen molar-refractivity contribution >= 4 is 0 Å². The van der Waals surface area contributed by atoms with Gasteiger partial charge in [0.2, 0.25) is 0 Å². The predicted octanol–water partition coefficient (Wildman–Crippen LogP) is 3.01. The van der Waals surface area contributed by atoms with E-state index in [1.807, 2.05) is 0 Å². The summed E-state index contributed by atoms with van der Waals surface area (Å²) in [5.41, 5.74) is 0.468. The SMILES string of the molecule is CCN(CC)CCC(C)NC1CC(C)(C)NC(C)(C)C1. The third-order valence-electron chi connectivity index (χ3n) is 4.48. The number of rotatable bonds is 7. The lowest BCUT2D eigenvalue weighted by atomic mass is 9.79. The Labute approximate surface area is 126 Å². The maximum atomic E-state index is 3.87. The van der Waals surface area contributed by atoms with Crippen molar-refractivity contribution in [2.75, 3.05) is 19.6 Å². The van der Waals surface area contributed by atoms with Crippen molar-refractivity contribution in [3.8, 4) is 0 Å². The molecule has 1 atom stereocenters. The second kappa shape index (κ2) is 7.24. The Hall–Kier alpha value is -0.120. The number of nitrogens with zero attached hydrogens (tertiary/aromatic N) is 1. The Bertz CT molecular complexity index is 266. The summed E-state index contributed by atoms with van der Waals surface area (Å²) in [7, 11) is 0. The van der Waals surface area contributed by atoms with Gasteiger partial charge in [0.05, 0.1) is 0 Å². The third kappa shape index (κ3) is 6.11. The molecule has 0 bridgehead atoms. The van der Waals surface area contributed by atoms with E-state index < -0.39 is 0 Å². The predicted molar refractivity (Wildman–Crippen MR) is 89.3 cm³/mol. The summed E-state index contributed by atoms with van der Waals surface area (Å²) < 4.78 is 0. The van der Waals surface area contributed by atoms with Crippen LogP contribution in [0.5, 0.6) is 0 Å². The van der Waals surface area contributed by atoms with Crippen LogP contribution in [-0.2, 0) is 0 Å². The molecule has 0 amide bonds. The molecule has 1 heterocycles. The highest BCUT2D eigenvalue weighted by Crippen LogP contribution is 2.28. The molecule has 1 fully saturated rings. The molecule has 0 aromatic carbocycles. The Morgan fingerprint density at radius 3 is 2.05 bits per heavy atom. The normalized spacial score (nSPS) is 24.0. The molecule has 1 saturated heterocycles. The lowest BCUT2D eigenvalue weighted by Gasteiger charge is -2.47. The van der Waals surface area contributed by atoms with Crippen LogP contribution in [0.25, 0.3) is 0 Å². The van der Waals surface area contributed by atoms with E-state index in [4.69, 9.17) is 0 Å². The van der Waals surface area contributed by atoms with E-state index >= 15 is 0 Å². The molecule has 0 aromatic heterocycles. The molecule has 0 radical (unpaired) electrons. The molecule has 1 rings (SSSR count). The van der Waals surface area contributed by atoms with Gasteiger partial charge in [-0.1, -0.05) is 13.8 Å². The molecule has 0 spiro atoms. The number of hydrogen-bond acceptors (Lipinski definition) is 3. The first-order valence-electron chi connectivity index (χ1n) is 8.45. The van der Waals surface area contributed by atoms with E-state index in [1.54, 1.807) is 0 Å². The Kier molecular flexibility index (Phi) is 6.49. The second-order valence-corrected chi connectivity index (χ2v) is 7.88. The molecule has 0 saturated carbocycles. The van der Waals surface area contributed by atoms with Crippen LogP contribution >= 0.6 is 0 Å². The van der Waals surface area contributed by atoms with Crippen molar-refractivity contribution in [2.24, 2.45) is 0 Å². The molecule has 0 aromatic rings. The summed E-state index contributed by atoms with van der Waals surface area (Å²) in [6.45, 7) is 19.7. The van der Waals surface area contributed by atoms with Crippen molar-refractivity contribution in [3.63, 3.8) is 0 Å². The quantitative estimate of drug-likeness (QED) is 0.752. The highest BCUT2D eigenvalue weighted by atomic mass is 15.1. The van der Waals surface area contributed by atoms with E-state index in [2.05, 4.69) is 64.0 Å². The zero-order valence-electron chi connectivity index (χ0n) is 14.8. The molecule has 3 heteroatoms. The first kappa shape index (κ1) is 17.9. The minimum atomic E-state index is 0.234. The monoisotopic (exact) mass is 283 g/mol. The van der Waals surface area contributed by atoms with Crippen molar-refractivity contribution in [1.29, 1.82) is 0 Å². The van der Waals surface area contributed by atoms with Crippen LogP contribution < -0.4 is 10.6 Å². The average molecular weight is 284 g/mol. The minimum Gasteiger partial charge on any atom is -0.311 e. The Morgan fingerprint density at radius 2 is 1.60 bits per heavy atom. The smallest absolute Gasteiger partial charge is 0.0144 e. The summed E-state index contributed by atoms with van der Waals surface area (Å²) >= 11 is 0. The van der Waals surface area contributed by atoms with Gasteiger partial charge in [-0.25, -0.2) is 0 Å². The molecule has 1 unspecified atom stereocenters. The maximum absolute atomic E-state index is 3.87. The Balaban J connectivity index is 2.43. The highest BCUT2D eigenvalue weighted by Gasteiger charge is 2.37. The van der Waals surface area contributed by atoms with Gasteiger partial charge in [0, 0.05) is 23.2 Å². The first-order chi connectivity index (χ1) is 9.17. The zero-order valence-corrected chi connectivity index (χ0v) is 14.8. The molecule has 20 heavy (non-hydrogen) atoms. The second-order valence-electron chi connectivity index (χ2n) is 7.88. The summed E-state index contributed by atoms with van der Waals surface area (Å²) in [6, 6.07) is 1.23. The number of hydrogen-bond donors (Lipinski definition) is 2. The molecule has 1 aliphatic rings. The van der Waals surface area contributed by atoms with Gasteiger partial charge in [0.15, 0.2) is 0 Å². The highest BCUT2D eigenvalue weighted by molar-refractivity contribution is 4.99. The number of nitrogens with one attached hydrogen (secondary N) is 2. The topological polar surface area (TPSA) is 27.3 Å². The summed E-state index contributed by atoms with van der Waals surface area (Å²) in [5, 5.41) is 7.62. The number of piperidine rings is 1. The summed E-state index contributed by atoms with van der Waals surface area (Å²) in [6.07, 6.45) is 3.67. The molecule has 1 aliphatic heterocycles. The maximum Gasteiger partial charge on any atom is 0.0144 e. The van der Waals surface area contributed by atoms with Crippen LogP contribution in [-0.4, -0.2) is 47.7 Å². The van der Waals surface area contributed by atoms with Crippen LogP contribution in [0.15, 0.2) is 0 Å². The van der Waals surface area contributed by atoms with Crippen LogP contribution in [0.4, 0.5) is 0 Å². The van der Waals surface area contributed by atoms with Gasteiger partial charge in [-0.15, -0.1) is 0 Å². The van der Waals surface area contributed by atoms with Crippen LogP contribution in [0.2, 0.25) is 0 Å². The van der Waals surface area contributed by atoms with Gasteiger partial charge in [-0.2, -0.15) is 0 Å². The zero-order chi connectivity index (χ0) is 15.4. The average Bonchev–Trinajstić information content (AvgIpc) is 2.25. The molecule has 0 aliphatic carbocycles. The van der Waals surface area contributed by atoms with Crippen molar-refractivity contribution < 1.29 is 0 Å². The lowest BCUT2D eigenvalue weighted by Crippen LogP contribution is -2.62. The molecule has 3 nitrogen and oxygen atoms in total. The van der Waals surface area contributed by atoms with Crippen molar-refractivity contribution in [1.82, 2.24) is 15.5 Å². The minimum absolute atomic E-state index is 0.234. The Morgan fingerprint density at radius 1 is 1.10 bits per heavy atom. The van der Waals surface area contributed by atoms with Gasteiger partial charge in [-0.3, -0.25) is 0 Å². The fourth-order valence-corrected chi connectivity index (χ4v) is 3.84. The van der Waals surface area contributed by atoms with Crippen molar-refractivity contribution in [3.05, 3.63) is 0 Å². The standard InChI is InChI=1S/C17H37N3/c1-8-20(9-2)11-10-14(3)18-15-12-16(4,5)19-17(6,7)13-15/h14-15,18-19H,8-13H2,1-7H3. The third-order valence-corrected chi connectivity index (χ3v) is 4.48. The van der Waals surface area contributed by atoms with Gasteiger partial charge in [0.25, 0.3) is 0 Å². The van der Waals surface area contributed by atoms with Crippen molar-refractivity contribution in [2.45, 2.75) is 90.9 Å².